The van der Waals surface area contributed by atoms with Crippen LogP contribution in [0.4, 0.5) is 10.5 Å². The molecule has 0 unspecified atom stereocenters. The first-order valence-corrected chi connectivity index (χ1v) is 6.82. The fourth-order valence-electron chi connectivity index (χ4n) is 2.03. The highest BCUT2D eigenvalue weighted by Gasteiger charge is 2.09. The average Bonchev–Trinajstić information content (AvgIpc) is 2.49. The van der Waals surface area contributed by atoms with Crippen molar-refractivity contribution in [2.24, 2.45) is 0 Å². The molecule has 1 aliphatic rings. The lowest BCUT2D eigenvalue weighted by molar-refractivity contribution is 0.0690. The third-order valence-corrected chi connectivity index (χ3v) is 3.16. The summed E-state index contributed by atoms with van der Waals surface area (Å²) in [5.74, 6) is -1.10. The fraction of sp³-hybridized carbons (Fsp3) is 0.462. The number of aromatic nitrogens is 1. The molecule has 2 amide bonds. The summed E-state index contributed by atoms with van der Waals surface area (Å²) in [6, 6.07) is 2.53. The van der Waals surface area contributed by atoms with E-state index in [0.29, 0.717) is 12.2 Å². The van der Waals surface area contributed by atoms with E-state index in [4.69, 9.17) is 5.11 Å². The maximum atomic E-state index is 11.7. The number of hydrogen-bond donors (Lipinski definition) is 4. The molecular weight excluding hydrogens is 274 g/mol. The van der Waals surface area contributed by atoms with Crippen molar-refractivity contribution in [2.45, 2.75) is 0 Å². The zero-order valence-electron chi connectivity index (χ0n) is 11.6. The molecule has 1 aliphatic heterocycles. The monoisotopic (exact) mass is 293 g/mol. The van der Waals surface area contributed by atoms with Crippen LogP contribution >= 0.6 is 0 Å². The summed E-state index contributed by atoms with van der Waals surface area (Å²) in [6.45, 7) is 5.31. The van der Waals surface area contributed by atoms with E-state index >= 15 is 0 Å². The molecule has 1 aromatic rings. The molecule has 8 nitrogen and oxygen atoms in total. The van der Waals surface area contributed by atoms with E-state index in [1.54, 1.807) is 0 Å². The minimum Gasteiger partial charge on any atom is -0.477 e. The number of carbonyl (C=O) groups is 2. The number of piperazine rings is 1. The van der Waals surface area contributed by atoms with Crippen LogP contribution in [0.2, 0.25) is 0 Å². The molecule has 0 atom stereocenters. The molecule has 0 saturated carbocycles. The molecule has 4 N–H and O–H groups in total. The smallest absolute Gasteiger partial charge is 0.354 e. The third-order valence-electron chi connectivity index (χ3n) is 3.16. The third kappa shape index (κ3) is 5.01. The molecule has 1 fully saturated rings. The van der Waals surface area contributed by atoms with E-state index in [1.807, 2.05) is 0 Å². The van der Waals surface area contributed by atoms with Crippen molar-refractivity contribution < 1.29 is 14.7 Å². The van der Waals surface area contributed by atoms with Crippen LogP contribution in [0.3, 0.4) is 0 Å². The van der Waals surface area contributed by atoms with Crippen LogP contribution in [0.1, 0.15) is 10.5 Å². The van der Waals surface area contributed by atoms with Crippen LogP contribution < -0.4 is 16.0 Å². The molecular formula is C13H19N5O3. The van der Waals surface area contributed by atoms with Crippen molar-refractivity contribution in [3.63, 3.8) is 0 Å². The normalized spacial score (nSPS) is 15.4. The summed E-state index contributed by atoms with van der Waals surface area (Å²) in [6.07, 6.45) is 1.32. The number of carboxylic acid groups (broad SMARTS) is 1. The first-order valence-electron chi connectivity index (χ1n) is 6.82. The van der Waals surface area contributed by atoms with Gasteiger partial charge in [-0.15, -0.1) is 0 Å². The number of carboxylic acids is 1. The number of hydrogen-bond acceptors (Lipinski definition) is 5. The molecule has 0 spiro atoms. The van der Waals surface area contributed by atoms with E-state index < -0.39 is 5.97 Å². The average molecular weight is 293 g/mol. The largest absolute Gasteiger partial charge is 0.477 e. The summed E-state index contributed by atoms with van der Waals surface area (Å²) in [5.41, 5.74) is 0.402. The van der Waals surface area contributed by atoms with Gasteiger partial charge in [0, 0.05) is 39.3 Å². The summed E-state index contributed by atoms with van der Waals surface area (Å²) >= 11 is 0. The Morgan fingerprint density at radius 2 is 2.10 bits per heavy atom. The second kappa shape index (κ2) is 7.55. The first kappa shape index (κ1) is 15.2. The van der Waals surface area contributed by atoms with Crippen LogP contribution in [0.15, 0.2) is 18.3 Å². The predicted octanol–water partition coefficient (Wildman–Crippen LogP) is -0.193. The quantitative estimate of drug-likeness (QED) is 0.599. The van der Waals surface area contributed by atoms with Crippen LogP contribution in [0.25, 0.3) is 0 Å². The fourth-order valence-corrected chi connectivity index (χ4v) is 2.03. The second-order valence-corrected chi connectivity index (χ2v) is 4.71. The minimum atomic E-state index is -1.10. The van der Waals surface area contributed by atoms with Crippen molar-refractivity contribution in [3.05, 3.63) is 24.0 Å². The lowest BCUT2D eigenvalue weighted by Gasteiger charge is -2.27. The Labute approximate surface area is 122 Å². The number of rotatable bonds is 5. The Balaban J connectivity index is 1.70. The Hall–Kier alpha value is -2.19. The molecule has 0 aromatic carbocycles. The molecule has 1 saturated heterocycles. The van der Waals surface area contributed by atoms with Gasteiger partial charge in [0.15, 0.2) is 0 Å². The molecule has 2 rings (SSSR count). The number of nitrogens with one attached hydrogen (secondary N) is 3. The van der Waals surface area contributed by atoms with Gasteiger partial charge in [0.05, 0.1) is 11.9 Å². The molecule has 2 heterocycles. The highest BCUT2D eigenvalue weighted by atomic mass is 16.4. The topological polar surface area (TPSA) is 107 Å². The van der Waals surface area contributed by atoms with Crippen LogP contribution in [-0.2, 0) is 0 Å². The van der Waals surface area contributed by atoms with E-state index in [0.717, 1.165) is 32.7 Å². The van der Waals surface area contributed by atoms with Gasteiger partial charge in [-0.3, -0.25) is 4.90 Å². The van der Waals surface area contributed by atoms with Crippen molar-refractivity contribution in [1.29, 1.82) is 0 Å². The number of pyridine rings is 1. The van der Waals surface area contributed by atoms with Gasteiger partial charge in [-0.1, -0.05) is 0 Å². The van der Waals surface area contributed by atoms with Gasteiger partial charge in [-0.2, -0.15) is 0 Å². The maximum Gasteiger partial charge on any atom is 0.354 e. The first-order chi connectivity index (χ1) is 10.1. The van der Waals surface area contributed by atoms with Crippen molar-refractivity contribution in [2.75, 3.05) is 44.6 Å². The van der Waals surface area contributed by atoms with E-state index in [-0.39, 0.29) is 11.7 Å². The summed E-state index contributed by atoms with van der Waals surface area (Å²) in [4.78, 5) is 28.3. The van der Waals surface area contributed by atoms with Gasteiger partial charge in [0.1, 0.15) is 5.69 Å². The van der Waals surface area contributed by atoms with E-state index in [1.165, 1.54) is 18.3 Å². The van der Waals surface area contributed by atoms with E-state index in [9.17, 15) is 9.59 Å². The summed E-state index contributed by atoms with van der Waals surface area (Å²) in [7, 11) is 0. The number of carbonyl (C=O) groups excluding carboxylic acids is 1. The SMILES string of the molecule is O=C(NCCN1CCNCC1)Nc1ccc(C(=O)O)nc1. The van der Waals surface area contributed by atoms with Gasteiger partial charge in [-0.25, -0.2) is 14.6 Å². The molecule has 1 aromatic heterocycles. The molecule has 8 heteroatoms. The van der Waals surface area contributed by atoms with Gasteiger partial charge in [0.25, 0.3) is 0 Å². The number of urea groups is 1. The van der Waals surface area contributed by atoms with Crippen molar-refractivity contribution in [3.8, 4) is 0 Å². The van der Waals surface area contributed by atoms with E-state index in [2.05, 4.69) is 25.8 Å². The number of aromatic carboxylic acids is 1. The predicted molar refractivity (Wildman–Crippen MR) is 77.5 cm³/mol. The minimum absolute atomic E-state index is 0.0559. The maximum absolute atomic E-state index is 11.7. The van der Waals surface area contributed by atoms with Gasteiger partial charge >= 0.3 is 12.0 Å². The van der Waals surface area contributed by atoms with Crippen LogP contribution in [-0.4, -0.2) is 66.3 Å². The molecule has 114 valence electrons. The molecule has 0 radical (unpaired) electrons. The highest BCUT2D eigenvalue weighted by molar-refractivity contribution is 5.90. The lowest BCUT2D eigenvalue weighted by atomic mass is 10.3. The standard InChI is InChI=1S/C13H19N5O3/c19-12(20)11-2-1-10(9-16-11)17-13(21)15-5-8-18-6-3-14-4-7-18/h1-2,9,14H,3-8H2,(H,19,20)(H2,15,17,21). The van der Waals surface area contributed by atoms with Crippen molar-refractivity contribution in [1.82, 2.24) is 20.5 Å². The Morgan fingerprint density at radius 1 is 1.33 bits per heavy atom. The highest BCUT2D eigenvalue weighted by Crippen LogP contribution is 2.05. The zero-order chi connectivity index (χ0) is 15.1. The Kier molecular flexibility index (Phi) is 5.47. The Bertz CT molecular complexity index is 485. The second-order valence-electron chi connectivity index (χ2n) is 4.71. The zero-order valence-corrected chi connectivity index (χ0v) is 11.6. The number of amides is 2. The molecule has 21 heavy (non-hydrogen) atoms. The summed E-state index contributed by atoms with van der Waals surface area (Å²) in [5, 5.41) is 17.4. The van der Waals surface area contributed by atoms with Crippen LogP contribution in [0.5, 0.6) is 0 Å². The van der Waals surface area contributed by atoms with Gasteiger partial charge in [-0.05, 0) is 12.1 Å². The lowest BCUT2D eigenvalue weighted by Crippen LogP contribution is -2.46. The molecule has 0 aliphatic carbocycles. The van der Waals surface area contributed by atoms with Gasteiger partial charge in [0.2, 0.25) is 0 Å². The molecule has 0 bridgehead atoms. The Morgan fingerprint density at radius 3 is 2.71 bits per heavy atom. The van der Waals surface area contributed by atoms with Crippen molar-refractivity contribution >= 4 is 17.7 Å². The number of anilines is 1. The summed E-state index contributed by atoms with van der Waals surface area (Å²) < 4.78 is 0. The van der Waals surface area contributed by atoms with Crippen LogP contribution in [0, 0.1) is 0 Å². The number of nitrogens with zero attached hydrogens (tertiary/aromatic N) is 2. The van der Waals surface area contributed by atoms with Gasteiger partial charge < -0.3 is 21.1 Å².